The van der Waals surface area contributed by atoms with Crippen molar-refractivity contribution < 1.29 is 9.32 Å². The fourth-order valence-electron chi connectivity index (χ4n) is 2.77. The molecule has 2 heterocycles. The molecule has 0 unspecified atom stereocenters. The van der Waals surface area contributed by atoms with E-state index < -0.39 is 0 Å². The molecule has 7 heteroatoms. The number of amides is 1. The molecule has 0 spiro atoms. The molecule has 0 aliphatic rings. The van der Waals surface area contributed by atoms with E-state index in [2.05, 4.69) is 10.1 Å². The maximum absolute atomic E-state index is 13.0. The first-order chi connectivity index (χ1) is 12.2. The van der Waals surface area contributed by atoms with Crippen LogP contribution in [0, 0.1) is 0 Å². The van der Waals surface area contributed by atoms with E-state index in [1.807, 2.05) is 48.2 Å². The molecule has 2 aromatic heterocycles. The van der Waals surface area contributed by atoms with E-state index in [-0.39, 0.29) is 18.3 Å². The summed E-state index contributed by atoms with van der Waals surface area (Å²) in [6, 6.07) is 11.8. The summed E-state index contributed by atoms with van der Waals surface area (Å²) >= 11 is 0. The van der Waals surface area contributed by atoms with Crippen molar-refractivity contribution in [1.29, 1.82) is 0 Å². The Morgan fingerprint density at radius 3 is 2.73 bits per heavy atom. The number of nitrogens with zero attached hydrogens (tertiary/aromatic N) is 3. The normalized spacial score (nSPS) is 10.5. The van der Waals surface area contributed by atoms with E-state index >= 15 is 0 Å². The molecule has 3 aromatic rings. The number of carbonyl (C=O) groups excluding carboxylic acids is 1. The van der Waals surface area contributed by atoms with E-state index in [0.29, 0.717) is 30.9 Å². The summed E-state index contributed by atoms with van der Waals surface area (Å²) in [7, 11) is 0. The molecule has 0 fully saturated rings. The number of aryl methyl sites for hydroxylation is 1. The molecule has 0 saturated heterocycles. The second-order valence-electron chi connectivity index (χ2n) is 5.91. The number of benzene rings is 1. The standard InChI is InChI=1S/C19H22N4O2.ClH/c1-2-17-16-11-15(12-21-18(16)25-22-17)19(24)23(10-6-9-20)13-14-7-4-3-5-8-14;/h3-5,7-8,11-12H,2,6,9-10,13,20H2,1H3;1H. The van der Waals surface area contributed by atoms with Crippen LogP contribution < -0.4 is 5.73 Å². The smallest absolute Gasteiger partial charge is 0.257 e. The first-order valence-electron chi connectivity index (χ1n) is 8.50. The van der Waals surface area contributed by atoms with Crippen LogP contribution in [0.5, 0.6) is 0 Å². The Morgan fingerprint density at radius 2 is 2.04 bits per heavy atom. The number of rotatable bonds is 7. The lowest BCUT2D eigenvalue weighted by molar-refractivity contribution is 0.0742. The average molecular weight is 375 g/mol. The predicted octanol–water partition coefficient (Wildman–Crippen LogP) is 3.20. The fourth-order valence-corrected chi connectivity index (χ4v) is 2.77. The van der Waals surface area contributed by atoms with Crippen LogP contribution >= 0.6 is 12.4 Å². The first kappa shape index (κ1) is 19.9. The zero-order chi connectivity index (χ0) is 17.6. The first-order valence-corrected chi connectivity index (χ1v) is 8.50. The van der Waals surface area contributed by atoms with Crippen molar-refractivity contribution in [1.82, 2.24) is 15.0 Å². The van der Waals surface area contributed by atoms with Crippen molar-refractivity contribution >= 4 is 29.4 Å². The molecule has 138 valence electrons. The van der Waals surface area contributed by atoms with E-state index in [4.69, 9.17) is 10.3 Å². The van der Waals surface area contributed by atoms with Gasteiger partial charge in [0.25, 0.3) is 11.6 Å². The van der Waals surface area contributed by atoms with Gasteiger partial charge in [-0.3, -0.25) is 4.79 Å². The number of fused-ring (bicyclic) bond motifs is 1. The monoisotopic (exact) mass is 374 g/mol. The summed E-state index contributed by atoms with van der Waals surface area (Å²) in [5, 5.41) is 4.80. The van der Waals surface area contributed by atoms with Gasteiger partial charge in [-0.05, 0) is 31.0 Å². The van der Waals surface area contributed by atoms with E-state index in [9.17, 15) is 4.79 Å². The number of halogens is 1. The van der Waals surface area contributed by atoms with Crippen molar-refractivity contribution in [3.63, 3.8) is 0 Å². The maximum Gasteiger partial charge on any atom is 0.257 e. The molecule has 1 amide bonds. The van der Waals surface area contributed by atoms with Crippen LogP contribution in [-0.4, -0.2) is 34.0 Å². The zero-order valence-electron chi connectivity index (χ0n) is 14.7. The summed E-state index contributed by atoms with van der Waals surface area (Å²) in [6.45, 7) is 3.69. The van der Waals surface area contributed by atoms with Crippen molar-refractivity contribution in [2.75, 3.05) is 13.1 Å². The molecule has 0 aliphatic heterocycles. The van der Waals surface area contributed by atoms with Crippen LogP contribution in [-0.2, 0) is 13.0 Å². The van der Waals surface area contributed by atoms with Crippen molar-refractivity contribution in [2.24, 2.45) is 5.73 Å². The molecule has 0 bridgehead atoms. The largest absolute Gasteiger partial charge is 0.336 e. The molecule has 2 N–H and O–H groups in total. The minimum Gasteiger partial charge on any atom is -0.336 e. The van der Waals surface area contributed by atoms with Gasteiger partial charge >= 0.3 is 0 Å². The SMILES string of the molecule is CCc1noc2ncc(C(=O)N(CCCN)Cc3ccccc3)cc12.Cl. The van der Waals surface area contributed by atoms with Gasteiger partial charge in [-0.2, -0.15) is 0 Å². The van der Waals surface area contributed by atoms with Gasteiger partial charge in [-0.15, -0.1) is 12.4 Å². The number of pyridine rings is 1. The van der Waals surface area contributed by atoms with Crippen molar-refractivity contribution in [3.05, 3.63) is 59.4 Å². The van der Waals surface area contributed by atoms with Crippen LogP contribution in [0.3, 0.4) is 0 Å². The highest BCUT2D eigenvalue weighted by Gasteiger charge is 2.18. The number of nitrogens with two attached hydrogens (primary N) is 1. The minimum atomic E-state index is -0.0602. The Morgan fingerprint density at radius 1 is 1.27 bits per heavy atom. The molecule has 26 heavy (non-hydrogen) atoms. The topological polar surface area (TPSA) is 85.2 Å². The average Bonchev–Trinajstić information content (AvgIpc) is 3.07. The number of carbonyl (C=O) groups is 1. The molecular formula is C19H23ClN4O2. The summed E-state index contributed by atoms with van der Waals surface area (Å²) in [6.07, 6.45) is 3.03. The molecule has 0 radical (unpaired) electrons. The second-order valence-corrected chi connectivity index (χ2v) is 5.91. The number of hydrogen-bond acceptors (Lipinski definition) is 5. The van der Waals surface area contributed by atoms with E-state index in [1.165, 1.54) is 0 Å². The van der Waals surface area contributed by atoms with Crippen LogP contribution in [0.2, 0.25) is 0 Å². The van der Waals surface area contributed by atoms with E-state index in [0.717, 1.165) is 29.5 Å². The van der Waals surface area contributed by atoms with Gasteiger partial charge in [0.2, 0.25) is 0 Å². The summed E-state index contributed by atoms with van der Waals surface area (Å²) in [4.78, 5) is 19.1. The molecule has 0 atom stereocenters. The van der Waals surface area contributed by atoms with Crippen LogP contribution in [0.25, 0.3) is 11.1 Å². The number of hydrogen-bond donors (Lipinski definition) is 1. The van der Waals surface area contributed by atoms with Gasteiger partial charge in [0.15, 0.2) is 0 Å². The number of aromatic nitrogens is 2. The van der Waals surface area contributed by atoms with Crippen molar-refractivity contribution in [2.45, 2.75) is 26.3 Å². The molecule has 0 aliphatic carbocycles. The van der Waals surface area contributed by atoms with Gasteiger partial charge in [0, 0.05) is 19.3 Å². The third-order valence-electron chi connectivity index (χ3n) is 4.12. The summed E-state index contributed by atoms with van der Waals surface area (Å²) in [5.74, 6) is -0.0602. The van der Waals surface area contributed by atoms with Gasteiger partial charge < -0.3 is 15.2 Å². The van der Waals surface area contributed by atoms with E-state index in [1.54, 1.807) is 6.20 Å². The maximum atomic E-state index is 13.0. The quantitative estimate of drug-likeness (QED) is 0.686. The fraction of sp³-hybridized carbons (Fsp3) is 0.316. The lowest BCUT2D eigenvalue weighted by Gasteiger charge is -2.22. The van der Waals surface area contributed by atoms with Crippen LogP contribution in [0.1, 0.15) is 35.0 Å². The minimum absolute atomic E-state index is 0. The lowest BCUT2D eigenvalue weighted by Crippen LogP contribution is -2.32. The Kier molecular flexibility index (Phi) is 7.12. The van der Waals surface area contributed by atoms with Gasteiger partial charge in [0.1, 0.15) is 0 Å². The molecular weight excluding hydrogens is 352 g/mol. The highest BCUT2D eigenvalue weighted by Crippen LogP contribution is 2.19. The highest BCUT2D eigenvalue weighted by molar-refractivity contribution is 5.97. The second kappa shape index (κ2) is 9.31. The molecule has 1 aromatic carbocycles. The predicted molar refractivity (Wildman–Crippen MR) is 103 cm³/mol. The van der Waals surface area contributed by atoms with Crippen LogP contribution in [0.15, 0.2) is 47.1 Å². The Balaban J connectivity index is 0.00000243. The van der Waals surface area contributed by atoms with Crippen molar-refractivity contribution in [3.8, 4) is 0 Å². The van der Waals surface area contributed by atoms with Gasteiger partial charge in [0.05, 0.1) is 16.6 Å². The Bertz CT molecular complexity index is 851. The summed E-state index contributed by atoms with van der Waals surface area (Å²) < 4.78 is 5.19. The molecule has 3 rings (SSSR count). The molecule has 6 nitrogen and oxygen atoms in total. The zero-order valence-corrected chi connectivity index (χ0v) is 15.5. The Hall–Kier alpha value is -2.44. The van der Waals surface area contributed by atoms with Crippen LogP contribution in [0.4, 0.5) is 0 Å². The summed E-state index contributed by atoms with van der Waals surface area (Å²) in [5.41, 5.74) is 8.54. The molecule has 0 saturated carbocycles. The third kappa shape index (κ3) is 4.39. The third-order valence-corrected chi connectivity index (χ3v) is 4.12. The Labute approximate surface area is 158 Å². The lowest BCUT2D eigenvalue weighted by atomic mass is 10.1. The highest BCUT2D eigenvalue weighted by atomic mass is 35.5. The van der Waals surface area contributed by atoms with Gasteiger partial charge in [-0.25, -0.2) is 4.98 Å². The van der Waals surface area contributed by atoms with Gasteiger partial charge in [-0.1, -0.05) is 42.4 Å².